The number of phenols is 1. The van der Waals surface area contributed by atoms with Gasteiger partial charge in [-0.05, 0) is 36.6 Å². The Morgan fingerprint density at radius 3 is 2.29 bits per heavy atom. The molecule has 1 N–H and O–H groups in total. The molecule has 1 aromatic carbocycles. The smallest absolute Gasteiger partial charge is 0.160 e. The van der Waals surface area contributed by atoms with Crippen LogP contribution in [0.15, 0.2) is 36.4 Å². The van der Waals surface area contributed by atoms with Gasteiger partial charge < -0.3 is 9.84 Å². The molecule has 0 saturated carbocycles. The van der Waals surface area contributed by atoms with Crippen LogP contribution < -0.4 is 4.74 Å². The molecular formula is C25H38O3. The van der Waals surface area contributed by atoms with E-state index in [9.17, 15) is 9.90 Å². The van der Waals surface area contributed by atoms with E-state index in [1.54, 1.807) is 24.3 Å². The maximum Gasteiger partial charge on any atom is 0.160 e. The fourth-order valence-electron chi connectivity index (χ4n) is 2.93. The second-order valence-electron chi connectivity index (χ2n) is 7.34. The molecule has 0 aliphatic rings. The number of unbranched alkanes of at least 4 members (excludes halogenated alkanes) is 8. The van der Waals surface area contributed by atoms with Gasteiger partial charge >= 0.3 is 0 Å². The monoisotopic (exact) mass is 386 g/mol. The van der Waals surface area contributed by atoms with Gasteiger partial charge in [-0.25, -0.2) is 0 Å². The van der Waals surface area contributed by atoms with Crippen molar-refractivity contribution in [3.05, 3.63) is 42.0 Å². The van der Waals surface area contributed by atoms with Crippen molar-refractivity contribution in [3.8, 4) is 11.5 Å². The van der Waals surface area contributed by atoms with Crippen molar-refractivity contribution in [3.63, 3.8) is 0 Å². The summed E-state index contributed by atoms with van der Waals surface area (Å²) >= 11 is 0. The molecule has 0 bridgehead atoms. The molecule has 1 rings (SSSR count). The van der Waals surface area contributed by atoms with Crippen molar-refractivity contribution in [2.75, 3.05) is 6.61 Å². The number of phenolic OH excluding ortho intramolecular Hbond substituents is 1. The highest BCUT2D eigenvalue weighted by Crippen LogP contribution is 2.27. The summed E-state index contributed by atoms with van der Waals surface area (Å²) in [5.74, 6) is 0.841. The molecule has 3 heteroatoms. The van der Waals surface area contributed by atoms with Crippen molar-refractivity contribution in [2.24, 2.45) is 0 Å². The van der Waals surface area contributed by atoms with Crippen LogP contribution in [0.2, 0.25) is 0 Å². The Balaban J connectivity index is 2.23. The lowest BCUT2D eigenvalue weighted by Crippen LogP contribution is -1.96. The van der Waals surface area contributed by atoms with E-state index >= 15 is 0 Å². The fraction of sp³-hybridized carbons (Fsp3) is 0.560. The number of benzene rings is 1. The topological polar surface area (TPSA) is 46.5 Å². The van der Waals surface area contributed by atoms with E-state index in [1.165, 1.54) is 38.5 Å². The Hall–Kier alpha value is -2.03. The minimum absolute atomic E-state index is 0.146. The lowest BCUT2D eigenvalue weighted by Gasteiger charge is -2.07. The van der Waals surface area contributed by atoms with Crippen LogP contribution in [0.5, 0.6) is 11.5 Å². The highest BCUT2D eigenvalue weighted by molar-refractivity contribution is 5.89. The van der Waals surface area contributed by atoms with E-state index in [0.29, 0.717) is 18.8 Å². The van der Waals surface area contributed by atoms with Crippen LogP contribution in [0.4, 0.5) is 0 Å². The van der Waals surface area contributed by atoms with Crippen molar-refractivity contribution < 1.29 is 14.6 Å². The third-order valence-corrected chi connectivity index (χ3v) is 4.70. The van der Waals surface area contributed by atoms with Gasteiger partial charge in [0.05, 0.1) is 6.61 Å². The molecule has 0 aromatic heterocycles. The number of ketones is 1. The number of hydrogen-bond donors (Lipinski definition) is 1. The number of carbonyl (C=O) groups excluding carboxylic acids is 1. The molecule has 0 aliphatic carbocycles. The first-order chi connectivity index (χ1) is 13.7. The van der Waals surface area contributed by atoms with Crippen LogP contribution in [0.3, 0.4) is 0 Å². The molecule has 0 amide bonds. The van der Waals surface area contributed by atoms with Gasteiger partial charge in [-0.15, -0.1) is 0 Å². The Labute approximate surface area is 171 Å². The van der Waals surface area contributed by atoms with E-state index < -0.39 is 0 Å². The first kappa shape index (κ1) is 24.0. The molecule has 0 radical (unpaired) electrons. The fourth-order valence-corrected chi connectivity index (χ4v) is 2.93. The van der Waals surface area contributed by atoms with Gasteiger partial charge in [0.25, 0.3) is 0 Å². The summed E-state index contributed by atoms with van der Waals surface area (Å²) in [6, 6.07) is 5.35. The average Bonchev–Trinajstić information content (AvgIpc) is 2.69. The lowest BCUT2D eigenvalue weighted by atomic mass is 10.1. The molecule has 0 fully saturated rings. The lowest BCUT2D eigenvalue weighted by molar-refractivity contribution is -0.114. The van der Waals surface area contributed by atoms with Gasteiger partial charge in [0.1, 0.15) is 0 Å². The largest absolute Gasteiger partial charge is 0.504 e. The predicted molar refractivity (Wildman–Crippen MR) is 119 cm³/mol. The summed E-state index contributed by atoms with van der Waals surface area (Å²) < 4.78 is 5.54. The summed E-state index contributed by atoms with van der Waals surface area (Å²) in [6.45, 7) is 4.95. The van der Waals surface area contributed by atoms with Gasteiger partial charge in [-0.1, -0.05) is 89.5 Å². The van der Waals surface area contributed by atoms with Crippen LogP contribution in [0.25, 0.3) is 6.08 Å². The van der Waals surface area contributed by atoms with E-state index in [1.807, 2.05) is 18.2 Å². The standard InChI is InChI=1S/C25H38O3/c1-3-5-7-8-9-10-11-12-16-23(26)17-14-13-15-22-18-19-25(24(27)21-22)28-20-6-4-2/h13-15,17-19,21,27H,3-12,16,20H2,1-2H3. The minimum atomic E-state index is 0.146. The first-order valence-electron chi connectivity index (χ1n) is 11.0. The van der Waals surface area contributed by atoms with E-state index in [4.69, 9.17) is 4.74 Å². The summed E-state index contributed by atoms with van der Waals surface area (Å²) in [5, 5.41) is 10.0. The minimum Gasteiger partial charge on any atom is -0.504 e. The predicted octanol–water partition coefficient (Wildman–Crippen LogP) is 7.24. The van der Waals surface area contributed by atoms with Crippen molar-refractivity contribution in [1.82, 2.24) is 0 Å². The Kier molecular flexibility index (Phi) is 13.7. The zero-order valence-corrected chi connectivity index (χ0v) is 17.8. The van der Waals surface area contributed by atoms with Crippen LogP contribution in [0, 0.1) is 0 Å². The van der Waals surface area contributed by atoms with Crippen LogP contribution in [0.1, 0.15) is 90.0 Å². The third kappa shape index (κ3) is 11.6. The van der Waals surface area contributed by atoms with E-state index in [-0.39, 0.29) is 11.5 Å². The number of allylic oxidation sites excluding steroid dienone is 3. The quantitative estimate of drug-likeness (QED) is 0.185. The van der Waals surface area contributed by atoms with E-state index in [2.05, 4.69) is 13.8 Å². The zero-order valence-electron chi connectivity index (χ0n) is 17.8. The van der Waals surface area contributed by atoms with Crippen molar-refractivity contribution in [1.29, 1.82) is 0 Å². The second kappa shape index (κ2) is 16.0. The summed E-state index contributed by atoms with van der Waals surface area (Å²) in [5.41, 5.74) is 0.875. The Morgan fingerprint density at radius 2 is 1.61 bits per heavy atom. The molecule has 0 unspecified atom stereocenters. The molecule has 0 heterocycles. The van der Waals surface area contributed by atoms with Gasteiger partial charge in [0.2, 0.25) is 0 Å². The molecule has 3 nitrogen and oxygen atoms in total. The molecule has 0 saturated heterocycles. The summed E-state index contributed by atoms with van der Waals surface area (Å²) in [4.78, 5) is 11.9. The molecule has 1 aromatic rings. The SMILES string of the molecule is CCCCCCCCCCC(=O)C=CC=Cc1ccc(OCCCC)c(O)c1. The normalized spacial score (nSPS) is 11.5. The summed E-state index contributed by atoms with van der Waals surface area (Å²) in [6.07, 6.45) is 19.7. The van der Waals surface area contributed by atoms with Gasteiger partial charge in [0.15, 0.2) is 17.3 Å². The highest BCUT2D eigenvalue weighted by atomic mass is 16.5. The van der Waals surface area contributed by atoms with Crippen LogP contribution in [-0.4, -0.2) is 17.5 Å². The number of hydrogen-bond acceptors (Lipinski definition) is 3. The second-order valence-corrected chi connectivity index (χ2v) is 7.34. The summed E-state index contributed by atoms with van der Waals surface area (Å²) in [7, 11) is 0. The maximum absolute atomic E-state index is 11.9. The number of rotatable bonds is 16. The zero-order chi connectivity index (χ0) is 20.5. The average molecular weight is 387 g/mol. The number of aromatic hydroxyl groups is 1. The van der Waals surface area contributed by atoms with Crippen molar-refractivity contribution in [2.45, 2.75) is 84.5 Å². The van der Waals surface area contributed by atoms with E-state index in [0.717, 1.165) is 31.2 Å². The molecular weight excluding hydrogens is 348 g/mol. The Morgan fingerprint density at radius 1 is 0.929 bits per heavy atom. The molecule has 28 heavy (non-hydrogen) atoms. The first-order valence-corrected chi connectivity index (χ1v) is 11.0. The van der Waals surface area contributed by atoms with Gasteiger partial charge in [-0.2, -0.15) is 0 Å². The maximum atomic E-state index is 11.9. The molecule has 0 spiro atoms. The van der Waals surface area contributed by atoms with Crippen molar-refractivity contribution >= 4 is 11.9 Å². The van der Waals surface area contributed by atoms with Crippen LogP contribution >= 0.6 is 0 Å². The highest BCUT2D eigenvalue weighted by Gasteiger charge is 2.02. The van der Waals surface area contributed by atoms with Crippen LogP contribution in [-0.2, 0) is 4.79 Å². The number of ether oxygens (including phenoxy) is 1. The number of carbonyl (C=O) groups is 1. The van der Waals surface area contributed by atoms with Gasteiger partial charge in [-0.3, -0.25) is 4.79 Å². The molecule has 156 valence electrons. The Bertz CT molecular complexity index is 602. The molecule has 0 aliphatic heterocycles. The third-order valence-electron chi connectivity index (χ3n) is 4.70. The molecule has 0 atom stereocenters. The van der Waals surface area contributed by atoms with Gasteiger partial charge in [0, 0.05) is 6.42 Å².